The van der Waals surface area contributed by atoms with Crippen LogP contribution in [-0.2, 0) is 24.0 Å². The van der Waals surface area contributed by atoms with Crippen LogP contribution in [0.2, 0.25) is 0 Å². The lowest BCUT2D eigenvalue weighted by molar-refractivity contribution is -0.142. The molecule has 190 valence electrons. The number of aliphatic hydroxyl groups excluding tert-OH is 1. The lowest BCUT2D eigenvalue weighted by Crippen LogP contribution is -2.57. The van der Waals surface area contributed by atoms with Crippen LogP contribution < -0.4 is 32.7 Å². The summed E-state index contributed by atoms with van der Waals surface area (Å²) in [6.07, 6.45) is 2.00. The zero-order valence-corrected chi connectivity index (χ0v) is 19.4. The first kappa shape index (κ1) is 30.2. The first-order valence-corrected chi connectivity index (χ1v) is 10.9. The Morgan fingerprint density at radius 2 is 1.48 bits per heavy atom. The predicted octanol–water partition coefficient (Wildman–Crippen LogP) is -2.84. The normalized spacial score (nSPS) is 14.5. The van der Waals surface area contributed by atoms with Crippen LogP contribution in [0.25, 0.3) is 0 Å². The molecule has 0 aliphatic carbocycles. The molecule has 13 heteroatoms. The summed E-state index contributed by atoms with van der Waals surface area (Å²) in [6, 6.07) is -4.42. The van der Waals surface area contributed by atoms with Crippen LogP contribution in [0, 0.1) is 5.92 Å². The third-order valence-corrected chi connectivity index (χ3v) is 4.63. The number of nitrogens with one attached hydrogen (secondary N) is 4. The zero-order valence-electron chi connectivity index (χ0n) is 19.4. The minimum atomic E-state index is -1.38. The number of aliphatic hydroxyl groups is 1. The number of amides is 4. The van der Waals surface area contributed by atoms with E-state index in [1.54, 1.807) is 0 Å². The Kier molecular flexibility index (Phi) is 14.6. The van der Waals surface area contributed by atoms with E-state index >= 15 is 0 Å². The summed E-state index contributed by atoms with van der Waals surface area (Å²) in [7, 11) is 0. The van der Waals surface area contributed by atoms with E-state index in [4.69, 9.17) is 16.6 Å². The van der Waals surface area contributed by atoms with Crippen LogP contribution in [0.3, 0.4) is 0 Å². The van der Waals surface area contributed by atoms with Gasteiger partial charge in [0.25, 0.3) is 0 Å². The van der Waals surface area contributed by atoms with E-state index in [9.17, 15) is 29.1 Å². The molecule has 4 atom stereocenters. The van der Waals surface area contributed by atoms with Gasteiger partial charge < -0.3 is 42.9 Å². The number of unbranched alkanes of at least 4 members (excludes halogenated alkanes) is 1. The van der Waals surface area contributed by atoms with Gasteiger partial charge in [-0.25, -0.2) is 0 Å². The number of rotatable bonds is 16. The molecule has 0 aliphatic heterocycles. The first-order chi connectivity index (χ1) is 15.4. The fourth-order valence-corrected chi connectivity index (χ4v) is 2.73. The lowest BCUT2D eigenvalue weighted by Gasteiger charge is -2.24. The van der Waals surface area contributed by atoms with Gasteiger partial charge in [-0.15, -0.1) is 0 Å². The number of carbonyl (C=O) groups is 5. The van der Waals surface area contributed by atoms with Gasteiger partial charge in [-0.05, 0) is 38.6 Å². The average molecular weight is 475 g/mol. The van der Waals surface area contributed by atoms with E-state index in [1.165, 1.54) is 6.92 Å². The largest absolute Gasteiger partial charge is 0.480 e. The van der Waals surface area contributed by atoms with Gasteiger partial charge in [0.15, 0.2) is 0 Å². The van der Waals surface area contributed by atoms with Crippen LogP contribution in [0.1, 0.15) is 46.5 Å². The van der Waals surface area contributed by atoms with Gasteiger partial charge in [0.1, 0.15) is 18.1 Å². The molecular weight excluding hydrogens is 436 g/mol. The minimum Gasteiger partial charge on any atom is -0.480 e. The number of carboxylic acid groups (broad SMARTS) is 1. The summed E-state index contributed by atoms with van der Waals surface area (Å²) >= 11 is 0. The molecule has 0 bridgehead atoms. The van der Waals surface area contributed by atoms with Gasteiger partial charge in [0.2, 0.25) is 23.6 Å². The molecule has 0 aromatic carbocycles. The summed E-state index contributed by atoms with van der Waals surface area (Å²) < 4.78 is 0. The van der Waals surface area contributed by atoms with Crippen molar-refractivity contribution in [2.75, 3.05) is 19.7 Å². The number of nitrogens with two attached hydrogens (primary N) is 2. The fourth-order valence-electron chi connectivity index (χ4n) is 2.73. The second-order valence-electron chi connectivity index (χ2n) is 8.17. The maximum Gasteiger partial charge on any atom is 0.325 e. The maximum absolute atomic E-state index is 12.5. The Morgan fingerprint density at radius 3 is 2.00 bits per heavy atom. The Hall–Kier alpha value is -2.77. The van der Waals surface area contributed by atoms with Crippen molar-refractivity contribution < 1.29 is 34.2 Å². The third kappa shape index (κ3) is 12.7. The molecule has 0 heterocycles. The summed E-state index contributed by atoms with van der Waals surface area (Å²) in [5.41, 5.74) is 11.1. The van der Waals surface area contributed by atoms with Crippen molar-refractivity contribution in [1.82, 2.24) is 21.3 Å². The fraction of sp³-hybridized carbons (Fsp3) is 0.750. The quantitative estimate of drug-likeness (QED) is 0.108. The molecule has 0 aliphatic rings. The van der Waals surface area contributed by atoms with Gasteiger partial charge in [0, 0.05) is 0 Å². The van der Waals surface area contributed by atoms with E-state index in [2.05, 4.69) is 21.3 Å². The second-order valence-corrected chi connectivity index (χ2v) is 8.17. The molecular formula is C20H38N6O7. The van der Waals surface area contributed by atoms with E-state index in [-0.39, 0.29) is 12.3 Å². The third-order valence-electron chi connectivity index (χ3n) is 4.63. The smallest absolute Gasteiger partial charge is 0.325 e. The van der Waals surface area contributed by atoms with Crippen LogP contribution in [0.15, 0.2) is 0 Å². The highest BCUT2D eigenvalue weighted by Crippen LogP contribution is 2.06. The van der Waals surface area contributed by atoms with Crippen LogP contribution >= 0.6 is 0 Å². The van der Waals surface area contributed by atoms with Crippen LogP contribution in [-0.4, -0.2) is 83.7 Å². The zero-order chi connectivity index (χ0) is 25.6. The van der Waals surface area contributed by atoms with E-state index < -0.39 is 66.9 Å². The molecule has 0 spiro atoms. The molecule has 0 aromatic rings. The summed E-state index contributed by atoms with van der Waals surface area (Å²) in [6.45, 7) is 4.16. The summed E-state index contributed by atoms with van der Waals surface area (Å²) in [5.74, 6) is -4.07. The van der Waals surface area contributed by atoms with Crippen molar-refractivity contribution in [2.45, 2.75) is 70.6 Å². The maximum atomic E-state index is 12.5. The highest BCUT2D eigenvalue weighted by Gasteiger charge is 2.28. The van der Waals surface area contributed by atoms with Gasteiger partial charge in [0.05, 0.1) is 19.2 Å². The SMILES string of the molecule is CC(C)C[C@H](NC(=O)[C@H](CO)NC(=O)CNC(=O)[C@@H](N)CCCCN)C(=O)N[C@@H](C)C(=O)O. The van der Waals surface area contributed by atoms with Crippen molar-refractivity contribution in [3.8, 4) is 0 Å². The monoisotopic (exact) mass is 474 g/mol. The average Bonchev–Trinajstić information content (AvgIpc) is 2.74. The molecule has 10 N–H and O–H groups in total. The molecule has 0 saturated heterocycles. The summed E-state index contributed by atoms with van der Waals surface area (Å²) in [4.78, 5) is 59.9. The first-order valence-electron chi connectivity index (χ1n) is 10.9. The second kappa shape index (κ2) is 15.9. The van der Waals surface area contributed by atoms with Crippen molar-refractivity contribution in [2.24, 2.45) is 17.4 Å². The van der Waals surface area contributed by atoms with E-state index in [0.29, 0.717) is 19.4 Å². The van der Waals surface area contributed by atoms with Crippen molar-refractivity contribution in [1.29, 1.82) is 0 Å². The Labute approximate surface area is 193 Å². The molecule has 13 nitrogen and oxygen atoms in total. The number of aliphatic carboxylic acids is 1. The Morgan fingerprint density at radius 1 is 0.879 bits per heavy atom. The van der Waals surface area contributed by atoms with Gasteiger partial charge in [-0.2, -0.15) is 0 Å². The lowest BCUT2D eigenvalue weighted by atomic mass is 10.0. The number of hydrogen-bond acceptors (Lipinski definition) is 8. The topological polar surface area (TPSA) is 226 Å². The minimum absolute atomic E-state index is 0.0207. The Balaban J connectivity index is 4.85. The molecule has 0 rings (SSSR count). The van der Waals surface area contributed by atoms with Crippen molar-refractivity contribution in [3.63, 3.8) is 0 Å². The molecule has 33 heavy (non-hydrogen) atoms. The van der Waals surface area contributed by atoms with Gasteiger partial charge >= 0.3 is 5.97 Å². The number of hydrogen-bond donors (Lipinski definition) is 8. The predicted molar refractivity (Wildman–Crippen MR) is 120 cm³/mol. The Bertz CT molecular complexity index is 673. The number of carbonyl (C=O) groups excluding carboxylic acids is 4. The molecule has 0 aromatic heterocycles. The van der Waals surface area contributed by atoms with Gasteiger partial charge in [-0.3, -0.25) is 24.0 Å². The van der Waals surface area contributed by atoms with Crippen molar-refractivity contribution >= 4 is 29.6 Å². The van der Waals surface area contributed by atoms with E-state index in [0.717, 1.165) is 6.42 Å². The highest BCUT2D eigenvalue weighted by molar-refractivity contribution is 5.94. The van der Waals surface area contributed by atoms with Gasteiger partial charge in [-0.1, -0.05) is 20.3 Å². The summed E-state index contributed by atoms with van der Waals surface area (Å²) in [5, 5.41) is 27.8. The van der Waals surface area contributed by atoms with Crippen LogP contribution in [0.5, 0.6) is 0 Å². The molecule has 4 amide bonds. The van der Waals surface area contributed by atoms with Crippen molar-refractivity contribution in [3.05, 3.63) is 0 Å². The number of carboxylic acids is 1. The van der Waals surface area contributed by atoms with E-state index in [1.807, 2.05) is 13.8 Å². The molecule has 0 fully saturated rings. The highest BCUT2D eigenvalue weighted by atomic mass is 16.4. The molecule has 0 saturated carbocycles. The molecule has 0 unspecified atom stereocenters. The van der Waals surface area contributed by atoms with Crippen LogP contribution in [0.4, 0.5) is 0 Å². The standard InChI is InChI=1S/C20H38N6O7/c1-11(2)8-14(18(30)24-12(3)20(32)33)26-19(31)15(10-27)25-16(28)9-23-17(29)13(22)6-4-5-7-21/h11-15,27H,4-10,21-22H2,1-3H3,(H,23,29)(H,24,30)(H,25,28)(H,26,31)(H,32,33)/t12-,13-,14-,15-/m0/s1. The molecule has 0 radical (unpaired) electrons.